The highest BCUT2D eigenvalue weighted by Gasteiger charge is 2.38. The molecule has 1 fully saturated rings. The number of hydrogen-bond acceptors (Lipinski definition) is 4. The molecule has 3 atom stereocenters. The summed E-state index contributed by atoms with van der Waals surface area (Å²) >= 11 is 0. The average Bonchev–Trinajstić information content (AvgIpc) is 2.66. The number of amides is 2. The average molecular weight is 374 g/mol. The van der Waals surface area contributed by atoms with Crippen molar-refractivity contribution in [3.05, 3.63) is 48.6 Å². The molecule has 1 heterocycles. The van der Waals surface area contributed by atoms with Gasteiger partial charge in [0.15, 0.2) is 0 Å². The van der Waals surface area contributed by atoms with Crippen molar-refractivity contribution in [1.29, 1.82) is 0 Å². The van der Waals surface area contributed by atoms with Crippen LogP contribution in [0, 0.1) is 0 Å². The molecule has 2 amide bonds. The van der Waals surface area contributed by atoms with Gasteiger partial charge in [0, 0.05) is 14.1 Å². The summed E-state index contributed by atoms with van der Waals surface area (Å²) in [5.74, 6) is -0.173. The zero-order chi connectivity index (χ0) is 19.8. The van der Waals surface area contributed by atoms with Crippen LogP contribution in [-0.4, -0.2) is 54.3 Å². The summed E-state index contributed by atoms with van der Waals surface area (Å²) in [6.07, 6.45) is 3.56. The monoisotopic (exact) mass is 374 g/mol. The summed E-state index contributed by atoms with van der Waals surface area (Å²) in [5.41, 5.74) is 0.892. The van der Waals surface area contributed by atoms with Gasteiger partial charge >= 0.3 is 6.09 Å². The molecule has 6 nitrogen and oxygen atoms in total. The molecule has 0 aliphatic carbocycles. The quantitative estimate of drug-likeness (QED) is 0.685. The van der Waals surface area contributed by atoms with E-state index in [1.807, 2.05) is 37.3 Å². The summed E-state index contributed by atoms with van der Waals surface area (Å²) in [7, 11) is 3.35. The molecule has 1 aliphatic rings. The van der Waals surface area contributed by atoms with Crippen molar-refractivity contribution >= 4 is 12.0 Å². The molecule has 148 valence electrons. The van der Waals surface area contributed by atoms with E-state index < -0.39 is 18.4 Å². The molecule has 1 aromatic rings. The van der Waals surface area contributed by atoms with Gasteiger partial charge in [0.1, 0.15) is 18.9 Å². The number of hydrogen-bond donors (Lipinski definition) is 0. The highest BCUT2D eigenvalue weighted by molar-refractivity contribution is 5.85. The van der Waals surface area contributed by atoms with Crippen LogP contribution in [0.1, 0.15) is 38.2 Å². The van der Waals surface area contributed by atoms with Crippen molar-refractivity contribution in [2.24, 2.45) is 0 Å². The van der Waals surface area contributed by atoms with Crippen molar-refractivity contribution in [2.75, 3.05) is 14.1 Å². The van der Waals surface area contributed by atoms with Gasteiger partial charge in [-0.2, -0.15) is 0 Å². The molecule has 0 N–H and O–H groups in total. The Morgan fingerprint density at radius 1 is 1.30 bits per heavy atom. The first-order valence-corrected chi connectivity index (χ1v) is 9.40. The van der Waals surface area contributed by atoms with Crippen molar-refractivity contribution in [3.8, 4) is 0 Å². The van der Waals surface area contributed by atoms with Crippen LogP contribution in [0.5, 0.6) is 0 Å². The lowest BCUT2D eigenvalue weighted by molar-refractivity contribution is -0.151. The third kappa shape index (κ3) is 5.82. The summed E-state index contributed by atoms with van der Waals surface area (Å²) in [5, 5.41) is 0. The van der Waals surface area contributed by atoms with Crippen LogP contribution >= 0.6 is 0 Å². The van der Waals surface area contributed by atoms with Crippen LogP contribution in [0.25, 0.3) is 0 Å². The zero-order valence-corrected chi connectivity index (χ0v) is 16.5. The van der Waals surface area contributed by atoms with E-state index >= 15 is 0 Å². The molecule has 1 aliphatic heterocycles. The highest BCUT2D eigenvalue weighted by atomic mass is 16.6. The number of rotatable bonds is 7. The predicted octanol–water partition coefficient (Wildman–Crippen LogP) is 3.57. The molecule has 6 heteroatoms. The van der Waals surface area contributed by atoms with E-state index in [2.05, 4.69) is 6.58 Å². The van der Waals surface area contributed by atoms with Gasteiger partial charge in [-0.1, -0.05) is 36.4 Å². The molecule has 0 spiro atoms. The van der Waals surface area contributed by atoms with E-state index in [4.69, 9.17) is 9.47 Å². The molecule has 1 aromatic carbocycles. The maximum Gasteiger partial charge on any atom is 0.412 e. The second-order valence-electron chi connectivity index (χ2n) is 7.05. The number of benzene rings is 1. The molecular formula is C21H30N2O4. The van der Waals surface area contributed by atoms with Gasteiger partial charge in [0.25, 0.3) is 0 Å². The fourth-order valence-electron chi connectivity index (χ4n) is 3.22. The second kappa shape index (κ2) is 10.1. The highest BCUT2D eigenvalue weighted by Crippen LogP contribution is 2.26. The Balaban J connectivity index is 2.22. The molecule has 0 radical (unpaired) electrons. The topological polar surface area (TPSA) is 59.1 Å². The lowest BCUT2D eigenvalue weighted by atomic mass is 10.1. The predicted molar refractivity (Wildman–Crippen MR) is 104 cm³/mol. The summed E-state index contributed by atoms with van der Waals surface area (Å²) in [6, 6.07) is 8.78. The van der Waals surface area contributed by atoms with E-state index in [1.165, 1.54) is 9.80 Å². The molecule has 27 heavy (non-hydrogen) atoms. The first-order valence-electron chi connectivity index (χ1n) is 9.40. The van der Waals surface area contributed by atoms with Gasteiger partial charge in [-0.25, -0.2) is 4.79 Å². The van der Waals surface area contributed by atoms with Crippen molar-refractivity contribution in [3.63, 3.8) is 0 Å². The fraction of sp³-hybridized carbons (Fsp3) is 0.524. The number of likely N-dealkylation sites (N-methyl/N-ethyl adjacent to an activating group) is 1. The Hall–Kier alpha value is -2.34. The van der Waals surface area contributed by atoms with E-state index in [-0.39, 0.29) is 18.6 Å². The Bertz CT molecular complexity index is 632. The Morgan fingerprint density at radius 2 is 2.00 bits per heavy atom. The lowest BCUT2D eigenvalue weighted by Crippen LogP contribution is -2.55. The molecule has 0 saturated carbocycles. The van der Waals surface area contributed by atoms with Gasteiger partial charge in [-0.3, -0.25) is 9.69 Å². The van der Waals surface area contributed by atoms with Gasteiger partial charge < -0.3 is 14.4 Å². The molecule has 0 aromatic heterocycles. The zero-order valence-electron chi connectivity index (χ0n) is 16.5. The summed E-state index contributed by atoms with van der Waals surface area (Å²) in [6.45, 7) is 5.88. The van der Waals surface area contributed by atoms with E-state index in [1.54, 1.807) is 20.2 Å². The van der Waals surface area contributed by atoms with Gasteiger partial charge in [-0.15, -0.1) is 6.58 Å². The van der Waals surface area contributed by atoms with Crippen LogP contribution in [0.3, 0.4) is 0 Å². The number of ether oxygens (including phenoxy) is 2. The third-order valence-corrected chi connectivity index (χ3v) is 4.63. The Kier molecular flexibility index (Phi) is 7.85. The van der Waals surface area contributed by atoms with Crippen LogP contribution in [-0.2, 0) is 20.9 Å². The third-order valence-electron chi connectivity index (χ3n) is 4.63. The van der Waals surface area contributed by atoms with Gasteiger partial charge in [0.2, 0.25) is 5.91 Å². The van der Waals surface area contributed by atoms with Crippen LogP contribution in [0.2, 0.25) is 0 Å². The Morgan fingerprint density at radius 3 is 2.59 bits per heavy atom. The normalized spacial score (nSPS) is 20.4. The molecule has 0 unspecified atom stereocenters. The van der Waals surface area contributed by atoms with Crippen LogP contribution < -0.4 is 0 Å². The smallest absolute Gasteiger partial charge is 0.412 e. The van der Waals surface area contributed by atoms with Crippen molar-refractivity contribution < 1.29 is 19.1 Å². The van der Waals surface area contributed by atoms with Crippen molar-refractivity contribution in [2.45, 2.75) is 57.6 Å². The minimum absolute atomic E-state index is 0.0343. The molecular weight excluding hydrogens is 344 g/mol. The molecule has 1 saturated heterocycles. The lowest BCUT2D eigenvalue weighted by Gasteiger charge is -2.40. The molecule has 0 bridgehead atoms. The van der Waals surface area contributed by atoms with Crippen molar-refractivity contribution in [1.82, 2.24) is 9.80 Å². The van der Waals surface area contributed by atoms with E-state index in [0.717, 1.165) is 18.4 Å². The van der Waals surface area contributed by atoms with Crippen LogP contribution in [0.15, 0.2) is 43.0 Å². The van der Waals surface area contributed by atoms with Gasteiger partial charge in [-0.05, 0) is 38.2 Å². The SMILES string of the molecule is C=CC[C@@H](C(=O)N(C)C)N(C(=O)OCc1ccccc1)[C@H]1CCC[C@@H](C)O1. The molecule has 2 rings (SSSR count). The first-order chi connectivity index (χ1) is 12.9. The van der Waals surface area contributed by atoms with E-state index in [0.29, 0.717) is 12.8 Å². The van der Waals surface area contributed by atoms with Crippen LogP contribution in [0.4, 0.5) is 4.79 Å². The Labute approximate surface area is 161 Å². The number of carbonyl (C=O) groups is 2. The van der Waals surface area contributed by atoms with Gasteiger partial charge in [0.05, 0.1) is 6.10 Å². The first kappa shape index (κ1) is 21.0. The van der Waals surface area contributed by atoms with E-state index in [9.17, 15) is 9.59 Å². The maximum absolute atomic E-state index is 13.0. The second-order valence-corrected chi connectivity index (χ2v) is 7.05. The largest absolute Gasteiger partial charge is 0.444 e. The summed E-state index contributed by atoms with van der Waals surface area (Å²) in [4.78, 5) is 28.7. The number of carbonyl (C=O) groups excluding carboxylic acids is 2. The standard InChI is InChI=1S/C21H30N2O4/c1-5-10-18(20(24)22(3)4)23(19-14-9-11-16(2)27-19)21(25)26-15-17-12-7-6-8-13-17/h5-8,12-13,16,18-19H,1,9-11,14-15H2,2-4H3/t16-,18+,19-/m1/s1. The number of nitrogens with zero attached hydrogens (tertiary/aromatic N) is 2. The summed E-state index contributed by atoms with van der Waals surface area (Å²) < 4.78 is 11.5. The minimum atomic E-state index is -0.698. The minimum Gasteiger partial charge on any atom is -0.444 e. The fourth-order valence-corrected chi connectivity index (χ4v) is 3.22. The maximum atomic E-state index is 13.0.